The molecule has 67 heavy (non-hydrogen) atoms. The minimum absolute atomic E-state index is 0.875. The zero-order chi connectivity index (χ0) is 44.3. The number of para-hydroxylation sites is 5. The van der Waals surface area contributed by atoms with Crippen LogP contribution in [0.1, 0.15) is 0 Å². The van der Waals surface area contributed by atoms with Gasteiger partial charge in [0.2, 0.25) is 0 Å². The molecule has 0 saturated heterocycles. The lowest BCUT2D eigenvalue weighted by atomic mass is 9.95. The number of rotatable bonds is 8. The van der Waals surface area contributed by atoms with E-state index in [1.54, 1.807) is 0 Å². The van der Waals surface area contributed by atoms with Crippen molar-refractivity contribution < 1.29 is 4.42 Å². The molecular formula is C64H42N2O. The molecule has 314 valence electrons. The molecule has 0 amide bonds. The van der Waals surface area contributed by atoms with Crippen LogP contribution in [0.4, 0.5) is 17.1 Å². The molecule has 0 bridgehead atoms. The fourth-order valence-electron chi connectivity index (χ4n) is 10.4. The zero-order valence-corrected chi connectivity index (χ0v) is 36.6. The molecule has 0 spiro atoms. The smallest absolute Gasteiger partial charge is 0.136 e. The highest BCUT2D eigenvalue weighted by Crippen LogP contribution is 2.46. The first-order valence-corrected chi connectivity index (χ1v) is 22.9. The van der Waals surface area contributed by atoms with Gasteiger partial charge >= 0.3 is 0 Å². The average molecular weight is 855 g/mol. The minimum atomic E-state index is 0.875. The van der Waals surface area contributed by atoms with Crippen LogP contribution >= 0.6 is 0 Å². The van der Waals surface area contributed by atoms with Crippen molar-refractivity contribution >= 4 is 71.6 Å². The SMILES string of the molecule is c1cc(-c2ccc(-c3cccc4ccccc34)cc2)cc(N(c2ccc(-c3ccccc3-n3c4ccccc4c4ccccc43)cc2)c2ccccc2-c2cccc3oc4ccccc4c23)c1. The van der Waals surface area contributed by atoms with E-state index in [0.717, 1.165) is 72.5 Å². The van der Waals surface area contributed by atoms with Crippen LogP contribution in [0, 0.1) is 0 Å². The van der Waals surface area contributed by atoms with Gasteiger partial charge in [0, 0.05) is 44.0 Å². The molecule has 0 unspecified atom stereocenters. The Kier molecular flexibility index (Phi) is 9.17. The van der Waals surface area contributed by atoms with Crippen molar-refractivity contribution in [1.82, 2.24) is 4.57 Å². The van der Waals surface area contributed by atoms with Crippen LogP contribution in [0.2, 0.25) is 0 Å². The summed E-state index contributed by atoms with van der Waals surface area (Å²) in [6.45, 7) is 0. The Balaban J connectivity index is 0.956. The third-order valence-corrected chi connectivity index (χ3v) is 13.4. The highest BCUT2D eigenvalue weighted by Gasteiger charge is 2.22. The maximum atomic E-state index is 6.43. The quantitative estimate of drug-likeness (QED) is 0.152. The van der Waals surface area contributed by atoms with E-state index in [1.165, 1.54) is 49.3 Å². The van der Waals surface area contributed by atoms with Gasteiger partial charge in [0.1, 0.15) is 11.2 Å². The molecule has 2 heterocycles. The Labute approximate surface area is 388 Å². The van der Waals surface area contributed by atoms with Gasteiger partial charge in [-0.05, 0) is 105 Å². The zero-order valence-electron chi connectivity index (χ0n) is 36.6. The van der Waals surface area contributed by atoms with E-state index in [0.29, 0.717) is 0 Å². The lowest BCUT2D eigenvalue weighted by Gasteiger charge is -2.28. The van der Waals surface area contributed by atoms with Gasteiger partial charge < -0.3 is 13.9 Å². The second-order valence-electron chi connectivity index (χ2n) is 17.2. The fourth-order valence-corrected chi connectivity index (χ4v) is 10.4. The maximum Gasteiger partial charge on any atom is 0.136 e. The van der Waals surface area contributed by atoms with Crippen LogP contribution < -0.4 is 4.90 Å². The summed E-state index contributed by atoms with van der Waals surface area (Å²) >= 11 is 0. The van der Waals surface area contributed by atoms with Crippen molar-refractivity contribution in [3.8, 4) is 50.2 Å². The Morgan fingerprint density at radius 2 is 0.851 bits per heavy atom. The second kappa shape index (κ2) is 16.0. The largest absolute Gasteiger partial charge is 0.456 e. The molecule has 0 atom stereocenters. The minimum Gasteiger partial charge on any atom is -0.456 e. The third kappa shape index (κ3) is 6.51. The third-order valence-electron chi connectivity index (χ3n) is 13.4. The van der Waals surface area contributed by atoms with Gasteiger partial charge in [0.05, 0.1) is 22.4 Å². The standard InChI is InChI=1S/C64H42N2O/c1-2-20-50-44(16-1)17-14-26-51(50)45-36-34-43(35-37-45)47-18-13-19-49(42-47)65(59-29-9-6-24-55(59)56-27-15-33-63-64(56)57-25-7-12-32-62(57)67-63)48-40-38-46(39-41-48)52-21-3-8-28-58(52)66-60-30-10-4-22-53(60)54-23-5-11-31-61(54)66/h1-42H. The number of fused-ring (bicyclic) bond motifs is 7. The maximum absolute atomic E-state index is 6.43. The molecule has 3 nitrogen and oxygen atoms in total. The van der Waals surface area contributed by atoms with Gasteiger partial charge in [-0.15, -0.1) is 0 Å². The average Bonchev–Trinajstić information content (AvgIpc) is 3.95. The summed E-state index contributed by atoms with van der Waals surface area (Å²) in [6, 6.07) is 91.9. The van der Waals surface area contributed by atoms with Gasteiger partial charge in [-0.25, -0.2) is 0 Å². The Hall–Kier alpha value is -8.92. The number of benzene rings is 11. The molecule has 13 rings (SSSR count). The molecule has 0 saturated carbocycles. The highest BCUT2D eigenvalue weighted by atomic mass is 16.3. The lowest BCUT2D eigenvalue weighted by Crippen LogP contribution is -2.11. The molecule has 0 aliphatic carbocycles. The first kappa shape index (κ1) is 38.5. The predicted molar refractivity (Wildman–Crippen MR) is 282 cm³/mol. The van der Waals surface area contributed by atoms with Crippen molar-refractivity contribution in [3.63, 3.8) is 0 Å². The summed E-state index contributed by atoms with van der Waals surface area (Å²) in [5.74, 6) is 0. The Bertz CT molecular complexity index is 3930. The van der Waals surface area contributed by atoms with Crippen LogP contribution in [-0.4, -0.2) is 4.57 Å². The van der Waals surface area contributed by atoms with Crippen molar-refractivity contribution in [2.24, 2.45) is 0 Å². The van der Waals surface area contributed by atoms with Gasteiger partial charge in [0.15, 0.2) is 0 Å². The van der Waals surface area contributed by atoms with Gasteiger partial charge in [0.25, 0.3) is 0 Å². The summed E-state index contributed by atoms with van der Waals surface area (Å²) in [7, 11) is 0. The van der Waals surface area contributed by atoms with E-state index in [2.05, 4.69) is 258 Å². The van der Waals surface area contributed by atoms with Crippen molar-refractivity contribution in [2.75, 3.05) is 4.90 Å². The van der Waals surface area contributed by atoms with Crippen LogP contribution in [0.25, 0.3) is 105 Å². The normalized spacial score (nSPS) is 11.6. The molecule has 2 aromatic heterocycles. The number of nitrogens with zero attached hydrogens (tertiary/aromatic N) is 2. The topological polar surface area (TPSA) is 21.3 Å². The van der Waals surface area contributed by atoms with E-state index in [4.69, 9.17) is 4.42 Å². The molecule has 0 N–H and O–H groups in total. The van der Waals surface area contributed by atoms with Crippen molar-refractivity contribution in [1.29, 1.82) is 0 Å². The molecule has 0 radical (unpaired) electrons. The molecule has 13 aromatic rings. The number of hydrogen-bond acceptors (Lipinski definition) is 2. The molecule has 0 aliphatic heterocycles. The molecule has 11 aromatic carbocycles. The van der Waals surface area contributed by atoms with Crippen LogP contribution in [0.5, 0.6) is 0 Å². The Morgan fingerprint density at radius 3 is 1.66 bits per heavy atom. The second-order valence-corrected chi connectivity index (χ2v) is 17.2. The number of hydrogen-bond donors (Lipinski definition) is 0. The lowest BCUT2D eigenvalue weighted by molar-refractivity contribution is 0.669. The summed E-state index contributed by atoms with van der Waals surface area (Å²) in [6.07, 6.45) is 0. The molecule has 0 aliphatic rings. The van der Waals surface area contributed by atoms with Crippen LogP contribution in [0.15, 0.2) is 259 Å². The van der Waals surface area contributed by atoms with E-state index in [9.17, 15) is 0 Å². The van der Waals surface area contributed by atoms with Crippen LogP contribution in [-0.2, 0) is 0 Å². The predicted octanol–water partition coefficient (Wildman–Crippen LogP) is 18.0. The number of furan rings is 1. The summed E-state index contributed by atoms with van der Waals surface area (Å²) in [5.41, 5.74) is 17.8. The summed E-state index contributed by atoms with van der Waals surface area (Å²) in [4.78, 5) is 2.41. The first-order valence-electron chi connectivity index (χ1n) is 22.9. The van der Waals surface area contributed by atoms with Crippen LogP contribution in [0.3, 0.4) is 0 Å². The number of aromatic nitrogens is 1. The highest BCUT2D eigenvalue weighted by molar-refractivity contribution is 6.14. The van der Waals surface area contributed by atoms with E-state index < -0.39 is 0 Å². The van der Waals surface area contributed by atoms with Crippen molar-refractivity contribution in [3.05, 3.63) is 255 Å². The van der Waals surface area contributed by atoms with Gasteiger partial charge in [-0.2, -0.15) is 0 Å². The number of anilines is 3. The van der Waals surface area contributed by atoms with Crippen molar-refractivity contribution in [2.45, 2.75) is 0 Å². The summed E-state index contributed by atoms with van der Waals surface area (Å²) in [5, 5.41) is 7.22. The molecule has 0 fully saturated rings. The Morgan fingerprint density at radius 1 is 0.313 bits per heavy atom. The van der Waals surface area contributed by atoms with Gasteiger partial charge in [-0.3, -0.25) is 0 Å². The molecule has 3 heteroatoms. The first-order chi connectivity index (χ1) is 33.2. The van der Waals surface area contributed by atoms with E-state index >= 15 is 0 Å². The van der Waals surface area contributed by atoms with Gasteiger partial charge in [-0.1, -0.05) is 194 Å². The molecular weight excluding hydrogens is 813 g/mol. The fraction of sp³-hybridized carbons (Fsp3) is 0. The summed E-state index contributed by atoms with van der Waals surface area (Å²) < 4.78 is 8.84. The monoisotopic (exact) mass is 854 g/mol. The van der Waals surface area contributed by atoms with E-state index in [-0.39, 0.29) is 0 Å². The van der Waals surface area contributed by atoms with E-state index in [1.807, 2.05) is 6.07 Å².